The Kier molecular flexibility index (Phi) is 3.28. The number of amides is 1. The molecule has 6 heteroatoms. The van der Waals surface area contributed by atoms with E-state index in [-0.39, 0.29) is 24.4 Å². The van der Waals surface area contributed by atoms with Crippen molar-refractivity contribution < 1.29 is 23.9 Å². The smallest absolute Gasteiger partial charge is 0.303 e. The van der Waals surface area contributed by atoms with Crippen LogP contribution in [0.15, 0.2) is 0 Å². The first kappa shape index (κ1) is 12.9. The van der Waals surface area contributed by atoms with Crippen LogP contribution in [0.25, 0.3) is 0 Å². The average molecular weight is 255 g/mol. The Morgan fingerprint density at radius 2 is 2.11 bits per heavy atom. The van der Waals surface area contributed by atoms with E-state index >= 15 is 0 Å². The molecule has 0 radical (unpaired) electrons. The van der Waals surface area contributed by atoms with Gasteiger partial charge in [-0.3, -0.25) is 14.4 Å². The topological polar surface area (TPSA) is 81.7 Å². The quantitative estimate of drug-likeness (QED) is 0.726. The first-order chi connectivity index (χ1) is 8.44. The highest BCUT2D eigenvalue weighted by atomic mass is 16.6. The SMILES string of the molecule is CC(=O)OC[C@@]12CCC[C@@H]1[C@H](OC(C)=O)C(=O)N2. The monoisotopic (exact) mass is 255 g/mol. The lowest BCUT2D eigenvalue weighted by molar-refractivity contribution is -0.154. The molecule has 18 heavy (non-hydrogen) atoms. The van der Waals surface area contributed by atoms with E-state index < -0.39 is 17.6 Å². The molecule has 1 aliphatic carbocycles. The zero-order valence-electron chi connectivity index (χ0n) is 10.5. The van der Waals surface area contributed by atoms with Crippen LogP contribution in [-0.4, -0.2) is 36.1 Å². The van der Waals surface area contributed by atoms with Crippen LogP contribution in [0.3, 0.4) is 0 Å². The number of nitrogens with one attached hydrogen (secondary N) is 1. The van der Waals surface area contributed by atoms with E-state index in [9.17, 15) is 14.4 Å². The highest BCUT2D eigenvalue weighted by Crippen LogP contribution is 2.43. The van der Waals surface area contributed by atoms with Gasteiger partial charge in [-0.25, -0.2) is 0 Å². The average Bonchev–Trinajstić information content (AvgIpc) is 2.75. The number of rotatable bonds is 3. The summed E-state index contributed by atoms with van der Waals surface area (Å²) >= 11 is 0. The summed E-state index contributed by atoms with van der Waals surface area (Å²) < 4.78 is 10.1. The van der Waals surface area contributed by atoms with Gasteiger partial charge in [0.25, 0.3) is 5.91 Å². The molecule has 2 aliphatic rings. The van der Waals surface area contributed by atoms with Crippen molar-refractivity contribution in [2.24, 2.45) is 5.92 Å². The van der Waals surface area contributed by atoms with Crippen molar-refractivity contribution in [2.75, 3.05) is 6.61 Å². The second kappa shape index (κ2) is 4.59. The van der Waals surface area contributed by atoms with E-state index in [0.29, 0.717) is 0 Å². The summed E-state index contributed by atoms with van der Waals surface area (Å²) in [5, 5.41) is 2.85. The summed E-state index contributed by atoms with van der Waals surface area (Å²) in [7, 11) is 0. The van der Waals surface area contributed by atoms with Crippen molar-refractivity contribution in [2.45, 2.75) is 44.8 Å². The van der Waals surface area contributed by atoms with E-state index in [1.807, 2.05) is 0 Å². The van der Waals surface area contributed by atoms with Gasteiger partial charge >= 0.3 is 11.9 Å². The highest BCUT2D eigenvalue weighted by Gasteiger charge is 2.57. The Hall–Kier alpha value is -1.59. The van der Waals surface area contributed by atoms with Gasteiger partial charge in [0, 0.05) is 19.8 Å². The maximum Gasteiger partial charge on any atom is 0.303 e. The van der Waals surface area contributed by atoms with Crippen molar-refractivity contribution in [3.8, 4) is 0 Å². The zero-order valence-corrected chi connectivity index (χ0v) is 10.5. The lowest BCUT2D eigenvalue weighted by atomic mass is 9.88. The third-order valence-electron chi connectivity index (χ3n) is 3.67. The Labute approximate surface area is 105 Å². The summed E-state index contributed by atoms with van der Waals surface area (Å²) in [4.78, 5) is 33.8. The largest absolute Gasteiger partial charge is 0.463 e. The molecule has 1 amide bonds. The van der Waals surface area contributed by atoms with Crippen LogP contribution >= 0.6 is 0 Å². The van der Waals surface area contributed by atoms with E-state index in [4.69, 9.17) is 9.47 Å². The molecule has 2 rings (SSSR count). The third-order valence-corrected chi connectivity index (χ3v) is 3.67. The molecule has 0 aromatic carbocycles. The maximum absolute atomic E-state index is 11.8. The van der Waals surface area contributed by atoms with Crippen LogP contribution in [0.5, 0.6) is 0 Å². The Bertz CT molecular complexity index is 394. The molecule has 2 fully saturated rings. The van der Waals surface area contributed by atoms with Crippen LogP contribution in [0, 0.1) is 5.92 Å². The number of hydrogen-bond donors (Lipinski definition) is 1. The van der Waals surface area contributed by atoms with Gasteiger partial charge in [-0.05, 0) is 12.8 Å². The fourth-order valence-corrected chi connectivity index (χ4v) is 2.95. The molecule has 0 aromatic heterocycles. The number of ether oxygens (including phenoxy) is 2. The summed E-state index contributed by atoms with van der Waals surface area (Å²) in [6.07, 6.45) is 1.71. The van der Waals surface area contributed by atoms with E-state index in [0.717, 1.165) is 19.3 Å². The van der Waals surface area contributed by atoms with Crippen molar-refractivity contribution in [3.05, 3.63) is 0 Å². The highest BCUT2D eigenvalue weighted by molar-refractivity contribution is 5.87. The van der Waals surface area contributed by atoms with Crippen molar-refractivity contribution in [1.82, 2.24) is 5.32 Å². The number of carbonyl (C=O) groups excluding carboxylic acids is 3. The molecule has 1 saturated carbocycles. The molecule has 0 bridgehead atoms. The van der Waals surface area contributed by atoms with Crippen LogP contribution in [0.2, 0.25) is 0 Å². The van der Waals surface area contributed by atoms with Crippen molar-refractivity contribution in [1.29, 1.82) is 0 Å². The molecule has 1 aliphatic heterocycles. The van der Waals surface area contributed by atoms with Gasteiger partial charge in [0.05, 0.1) is 5.54 Å². The Morgan fingerprint density at radius 3 is 2.72 bits per heavy atom. The molecule has 0 aromatic rings. The predicted octanol–water partition coefficient (Wildman–Crippen LogP) is 0.150. The molecular formula is C12H17NO5. The lowest BCUT2D eigenvalue weighted by Crippen LogP contribution is -2.47. The van der Waals surface area contributed by atoms with Gasteiger partial charge in [0.15, 0.2) is 6.10 Å². The van der Waals surface area contributed by atoms with Crippen LogP contribution in [0.1, 0.15) is 33.1 Å². The van der Waals surface area contributed by atoms with E-state index in [1.165, 1.54) is 13.8 Å². The minimum absolute atomic E-state index is 0.103. The molecule has 1 N–H and O–H groups in total. The third kappa shape index (κ3) is 2.19. The van der Waals surface area contributed by atoms with Crippen LogP contribution < -0.4 is 5.32 Å². The Balaban J connectivity index is 2.13. The van der Waals surface area contributed by atoms with Crippen LogP contribution in [-0.2, 0) is 23.9 Å². The van der Waals surface area contributed by atoms with Crippen LogP contribution in [0.4, 0.5) is 0 Å². The molecule has 1 saturated heterocycles. The number of carbonyl (C=O) groups is 3. The van der Waals surface area contributed by atoms with E-state index in [2.05, 4.69) is 5.32 Å². The van der Waals surface area contributed by atoms with Gasteiger partial charge < -0.3 is 14.8 Å². The van der Waals surface area contributed by atoms with Gasteiger partial charge in [-0.2, -0.15) is 0 Å². The van der Waals surface area contributed by atoms with Crippen molar-refractivity contribution in [3.63, 3.8) is 0 Å². The van der Waals surface area contributed by atoms with Gasteiger partial charge in [0.1, 0.15) is 6.61 Å². The molecular weight excluding hydrogens is 238 g/mol. The van der Waals surface area contributed by atoms with Gasteiger partial charge in [-0.1, -0.05) is 6.42 Å². The molecule has 3 atom stereocenters. The fraction of sp³-hybridized carbons (Fsp3) is 0.750. The lowest BCUT2D eigenvalue weighted by Gasteiger charge is -2.28. The number of hydrogen-bond acceptors (Lipinski definition) is 5. The normalized spacial score (nSPS) is 33.8. The second-order valence-corrected chi connectivity index (χ2v) is 4.95. The van der Waals surface area contributed by atoms with E-state index in [1.54, 1.807) is 0 Å². The molecule has 0 spiro atoms. The summed E-state index contributed by atoms with van der Waals surface area (Å²) in [6.45, 7) is 2.77. The van der Waals surface area contributed by atoms with Gasteiger partial charge in [0.2, 0.25) is 0 Å². The maximum atomic E-state index is 11.8. The second-order valence-electron chi connectivity index (χ2n) is 4.95. The molecule has 6 nitrogen and oxygen atoms in total. The fourth-order valence-electron chi connectivity index (χ4n) is 2.95. The summed E-state index contributed by atoms with van der Waals surface area (Å²) in [5.74, 6) is -1.24. The minimum atomic E-state index is -0.749. The Morgan fingerprint density at radius 1 is 1.39 bits per heavy atom. The zero-order chi connectivity index (χ0) is 13.3. The number of fused-ring (bicyclic) bond motifs is 1. The molecule has 1 heterocycles. The molecule has 100 valence electrons. The minimum Gasteiger partial charge on any atom is -0.463 e. The molecule has 0 unspecified atom stereocenters. The summed E-state index contributed by atoms with van der Waals surface area (Å²) in [6, 6.07) is 0. The van der Waals surface area contributed by atoms with Gasteiger partial charge in [-0.15, -0.1) is 0 Å². The van der Waals surface area contributed by atoms with Crippen molar-refractivity contribution >= 4 is 17.8 Å². The first-order valence-electron chi connectivity index (χ1n) is 6.07. The first-order valence-corrected chi connectivity index (χ1v) is 6.07. The standard InChI is InChI=1S/C12H17NO5/c1-7(14)17-6-12-5-3-4-9(12)10(11(16)13-12)18-8(2)15/h9-10H,3-6H2,1-2H3,(H,13,16)/t9-,10+,12+/m1/s1. The number of esters is 2. The summed E-state index contributed by atoms with van der Waals surface area (Å²) in [5.41, 5.74) is -0.553. The predicted molar refractivity (Wildman–Crippen MR) is 60.4 cm³/mol.